The monoisotopic (exact) mass is 317 g/mol. The summed E-state index contributed by atoms with van der Waals surface area (Å²) in [7, 11) is 0. The Morgan fingerprint density at radius 2 is 2.30 bits per heavy atom. The van der Waals surface area contributed by atoms with Crippen LogP contribution in [0.3, 0.4) is 0 Å². The second kappa shape index (κ2) is 7.70. The smallest absolute Gasteiger partial charge is 0.123 e. The minimum atomic E-state index is -0.182. The Kier molecular flexibility index (Phi) is 5.41. The van der Waals surface area contributed by atoms with Crippen molar-refractivity contribution in [1.29, 1.82) is 0 Å². The van der Waals surface area contributed by atoms with E-state index in [0.29, 0.717) is 6.54 Å². The number of halogens is 1. The third-order valence-electron chi connectivity index (χ3n) is 4.31. The molecule has 5 heteroatoms. The van der Waals surface area contributed by atoms with Gasteiger partial charge in [-0.1, -0.05) is 12.1 Å². The van der Waals surface area contributed by atoms with E-state index in [9.17, 15) is 4.39 Å². The fourth-order valence-electron chi connectivity index (χ4n) is 3.15. The van der Waals surface area contributed by atoms with Gasteiger partial charge in [-0.2, -0.15) is 0 Å². The third-order valence-corrected chi connectivity index (χ3v) is 4.31. The molecule has 3 rings (SSSR count). The number of rotatable bonds is 7. The quantitative estimate of drug-likeness (QED) is 0.785. The van der Waals surface area contributed by atoms with Crippen molar-refractivity contribution in [3.63, 3.8) is 0 Å². The Labute approximate surface area is 136 Å². The van der Waals surface area contributed by atoms with Crippen LogP contribution < -0.4 is 0 Å². The molecule has 1 fully saturated rings. The van der Waals surface area contributed by atoms with Gasteiger partial charge in [-0.25, -0.2) is 9.37 Å². The van der Waals surface area contributed by atoms with Crippen molar-refractivity contribution >= 4 is 0 Å². The maximum Gasteiger partial charge on any atom is 0.123 e. The van der Waals surface area contributed by atoms with E-state index >= 15 is 0 Å². The number of hydrogen-bond donors (Lipinski definition) is 0. The summed E-state index contributed by atoms with van der Waals surface area (Å²) < 4.78 is 21.4. The SMILES string of the molecule is CCn1cncc1CN(Cc1cccc(F)c1)C[C@@H]1CCCO1. The van der Waals surface area contributed by atoms with Crippen LogP contribution in [0, 0.1) is 5.82 Å². The van der Waals surface area contributed by atoms with Gasteiger partial charge in [0.25, 0.3) is 0 Å². The molecule has 0 amide bonds. The highest BCUT2D eigenvalue weighted by Gasteiger charge is 2.20. The Morgan fingerprint density at radius 3 is 3.04 bits per heavy atom. The van der Waals surface area contributed by atoms with E-state index in [0.717, 1.165) is 44.6 Å². The van der Waals surface area contributed by atoms with Gasteiger partial charge in [0.15, 0.2) is 0 Å². The largest absolute Gasteiger partial charge is 0.377 e. The molecule has 1 aromatic carbocycles. The molecule has 1 aromatic heterocycles. The van der Waals surface area contributed by atoms with Crippen LogP contribution in [0.1, 0.15) is 31.0 Å². The van der Waals surface area contributed by atoms with Gasteiger partial charge >= 0.3 is 0 Å². The summed E-state index contributed by atoms with van der Waals surface area (Å²) in [6.07, 6.45) is 6.29. The van der Waals surface area contributed by atoms with Gasteiger partial charge in [0.1, 0.15) is 5.82 Å². The summed E-state index contributed by atoms with van der Waals surface area (Å²) in [6.45, 7) is 6.25. The van der Waals surface area contributed by atoms with E-state index in [2.05, 4.69) is 21.4 Å². The van der Waals surface area contributed by atoms with Crippen molar-refractivity contribution in [2.75, 3.05) is 13.2 Å². The predicted octanol–water partition coefficient (Wildman–Crippen LogP) is 3.22. The average Bonchev–Trinajstić information content (AvgIpc) is 3.18. The summed E-state index contributed by atoms with van der Waals surface area (Å²) in [5, 5.41) is 0. The Hall–Kier alpha value is -1.72. The highest BCUT2D eigenvalue weighted by Crippen LogP contribution is 2.17. The van der Waals surface area contributed by atoms with E-state index in [-0.39, 0.29) is 11.9 Å². The predicted molar refractivity (Wildman–Crippen MR) is 87.4 cm³/mol. The van der Waals surface area contributed by atoms with Gasteiger partial charge in [-0.3, -0.25) is 4.90 Å². The molecule has 2 aromatic rings. The molecule has 23 heavy (non-hydrogen) atoms. The molecule has 1 aliphatic rings. The summed E-state index contributed by atoms with van der Waals surface area (Å²) in [4.78, 5) is 6.57. The molecule has 1 atom stereocenters. The van der Waals surface area contributed by atoms with E-state index < -0.39 is 0 Å². The summed E-state index contributed by atoms with van der Waals surface area (Å²) in [5.74, 6) is -0.182. The van der Waals surface area contributed by atoms with E-state index in [1.165, 1.54) is 11.8 Å². The minimum Gasteiger partial charge on any atom is -0.377 e. The lowest BCUT2D eigenvalue weighted by Crippen LogP contribution is -2.32. The molecule has 0 radical (unpaired) electrons. The molecule has 0 bridgehead atoms. The molecule has 1 saturated heterocycles. The van der Waals surface area contributed by atoms with Crippen LogP contribution in [0.4, 0.5) is 4.39 Å². The molecular weight excluding hydrogens is 293 g/mol. The molecule has 1 aliphatic heterocycles. The Balaban J connectivity index is 1.72. The maximum absolute atomic E-state index is 13.5. The first-order chi connectivity index (χ1) is 11.2. The first kappa shape index (κ1) is 16.1. The van der Waals surface area contributed by atoms with Gasteiger partial charge in [0.2, 0.25) is 0 Å². The number of benzene rings is 1. The number of hydrogen-bond acceptors (Lipinski definition) is 3. The van der Waals surface area contributed by atoms with Crippen LogP contribution in [0.25, 0.3) is 0 Å². The highest BCUT2D eigenvalue weighted by molar-refractivity contribution is 5.16. The lowest BCUT2D eigenvalue weighted by molar-refractivity contribution is 0.0671. The van der Waals surface area contributed by atoms with E-state index in [4.69, 9.17) is 4.74 Å². The van der Waals surface area contributed by atoms with Crippen LogP contribution >= 0.6 is 0 Å². The second-order valence-corrected chi connectivity index (χ2v) is 6.11. The molecule has 124 valence electrons. The average molecular weight is 317 g/mol. The lowest BCUT2D eigenvalue weighted by atomic mass is 10.1. The zero-order valence-corrected chi connectivity index (χ0v) is 13.6. The molecule has 2 heterocycles. The van der Waals surface area contributed by atoms with Crippen molar-refractivity contribution in [2.24, 2.45) is 0 Å². The fourth-order valence-corrected chi connectivity index (χ4v) is 3.15. The van der Waals surface area contributed by atoms with Crippen LogP contribution in [0.5, 0.6) is 0 Å². The van der Waals surface area contributed by atoms with Gasteiger partial charge in [-0.05, 0) is 37.5 Å². The first-order valence-electron chi connectivity index (χ1n) is 8.32. The van der Waals surface area contributed by atoms with Crippen molar-refractivity contribution < 1.29 is 9.13 Å². The zero-order chi connectivity index (χ0) is 16.1. The van der Waals surface area contributed by atoms with E-state index in [1.807, 2.05) is 18.6 Å². The fraction of sp³-hybridized carbons (Fsp3) is 0.500. The summed E-state index contributed by atoms with van der Waals surface area (Å²) in [6, 6.07) is 6.84. The van der Waals surface area contributed by atoms with Crippen LogP contribution in [-0.4, -0.2) is 33.7 Å². The molecular formula is C18H24FN3O. The highest BCUT2D eigenvalue weighted by atomic mass is 19.1. The maximum atomic E-state index is 13.5. The number of ether oxygens (including phenoxy) is 1. The molecule has 0 unspecified atom stereocenters. The summed E-state index contributed by atoms with van der Waals surface area (Å²) in [5.41, 5.74) is 2.17. The van der Waals surface area contributed by atoms with E-state index in [1.54, 1.807) is 12.1 Å². The number of nitrogens with zero attached hydrogens (tertiary/aromatic N) is 3. The van der Waals surface area contributed by atoms with Gasteiger partial charge in [-0.15, -0.1) is 0 Å². The molecule has 0 saturated carbocycles. The molecule has 0 aliphatic carbocycles. The molecule has 0 spiro atoms. The van der Waals surface area contributed by atoms with Gasteiger partial charge < -0.3 is 9.30 Å². The van der Waals surface area contributed by atoms with Crippen molar-refractivity contribution in [3.05, 3.63) is 53.9 Å². The lowest BCUT2D eigenvalue weighted by Gasteiger charge is -2.25. The topological polar surface area (TPSA) is 30.3 Å². The number of aryl methyl sites for hydroxylation is 1. The van der Waals surface area contributed by atoms with Crippen molar-refractivity contribution in [3.8, 4) is 0 Å². The minimum absolute atomic E-state index is 0.182. The summed E-state index contributed by atoms with van der Waals surface area (Å²) >= 11 is 0. The number of imidazole rings is 1. The third kappa shape index (κ3) is 4.39. The normalized spacial score (nSPS) is 18.0. The first-order valence-corrected chi connectivity index (χ1v) is 8.32. The van der Waals surface area contributed by atoms with Crippen LogP contribution in [-0.2, 0) is 24.4 Å². The standard InChI is InChI=1S/C18H24FN3O/c1-2-22-14-20-10-17(22)12-21(13-18-7-4-8-23-18)11-15-5-3-6-16(19)9-15/h3,5-6,9-10,14,18H,2,4,7-8,11-13H2,1H3/t18-/m0/s1. The van der Waals surface area contributed by atoms with Gasteiger partial charge in [0.05, 0.1) is 18.1 Å². The van der Waals surface area contributed by atoms with Gasteiger partial charge in [0, 0.05) is 39.0 Å². The van der Waals surface area contributed by atoms with Crippen molar-refractivity contribution in [1.82, 2.24) is 14.5 Å². The zero-order valence-electron chi connectivity index (χ0n) is 13.6. The Morgan fingerprint density at radius 1 is 1.39 bits per heavy atom. The van der Waals surface area contributed by atoms with Crippen LogP contribution in [0.15, 0.2) is 36.8 Å². The molecule has 0 N–H and O–H groups in total. The second-order valence-electron chi connectivity index (χ2n) is 6.11. The number of aromatic nitrogens is 2. The molecule has 4 nitrogen and oxygen atoms in total. The van der Waals surface area contributed by atoms with Crippen LogP contribution in [0.2, 0.25) is 0 Å². The van der Waals surface area contributed by atoms with Crippen molar-refractivity contribution in [2.45, 2.75) is 45.5 Å². The Bertz CT molecular complexity index is 622.